The highest BCUT2D eigenvalue weighted by molar-refractivity contribution is 5.89. The average Bonchev–Trinajstić information content (AvgIpc) is 2.77. The summed E-state index contributed by atoms with van der Waals surface area (Å²) in [6.07, 6.45) is 2.82. The van der Waals surface area contributed by atoms with Gasteiger partial charge < -0.3 is 9.64 Å². The molecule has 106 valence electrons. The Bertz CT molecular complexity index is 498. The fourth-order valence-electron chi connectivity index (χ4n) is 2.61. The first kappa shape index (κ1) is 14.3. The number of likely N-dealkylation sites (tertiary alicyclic amines) is 1. The van der Waals surface area contributed by atoms with E-state index in [-0.39, 0.29) is 17.8 Å². The van der Waals surface area contributed by atoms with Crippen LogP contribution >= 0.6 is 0 Å². The van der Waals surface area contributed by atoms with E-state index in [1.807, 2.05) is 30.3 Å². The van der Waals surface area contributed by atoms with E-state index in [2.05, 4.69) is 6.58 Å². The van der Waals surface area contributed by atoms with Crippen molar-refractivity contribution in [3.05, 3.63) is 48.6 Å². The third kappa shape index (κ3) is 2.90. The Kier molecular flexibility index (Phi) is 4.56. The summed E-state index contributed by atoms with van der Waals surface area (Å²) >= 11 is 0. The number of carbonyl (C=O) groups excluding carboxylic acids is 2. The van der Waals surface area contributed by atoms with Gasteiger partial charge in [0, 0.05) is 12.5 Å². The highest BCUT2D eigenvalue weighted by Gasteiger charge is 2.42. The van der Waals surface area contributed by atoms with Gasteiger partial charge in [0.1, 0.15) is 6.04 Å². The number of ether oxygens (including phenoxy) is 1. The van der Waals surface area contributed by atoms with E-state index in [1.54, 1.807) is 11.0 Å². The first-order valence-electron chi connectivity index (χ1n) is 6.70. The predicted molar refractivity (Wildman–Crippen MR) is 75.7 cm³/mol. The molecule has 1 aromatic rings. The normalized spacial score (nSPS) is 21.9. The minimum Gasteiger partial charge on any atom is -0.467 e. The van der Waals surface area contributed by atoms with Gasteiger partial charge in [-0.05, 0) is 18.4 Å². The highest BCUT2D eigenvalue weighted by Crippen LogP contribution is 2.29. The van der Waals surface area contributed by atoms with E-state index in [1.165, 1.54) is 7.11 Å². The second-order valence-corrected chi connectivity index (χ2v) is 4.95. The second kappa shape index (κ2) is 6.37. The van der Waals surface area contributed by atoms with E-state index in [0.717, 1.165) is 5.56 Å². The molecule has 0 aromatic heterocycles. The summed E-state index contributed by atoms with van der Waals surface area (Å²) in [4.78, 5) is 25.9. The number of carbonyl (C=O) groups is 2. The number of hydrogen-bond donors (Lipinski definition) is 0. The zero-order valence-corrected chi connectivity index (χ0v) is 11.6. The molecule has 1 aliphatic rings. The van der Waals surface area contributed by atoms with Gasteiger partial charge in [-0.1, -0.05) is 36.4 Å². The maximum absolute atomic E-state index is 12.4. The minimum absolute atomic E-state index is 0.00385. The molecule has 0 aliphatic carbocycles. The second-order valence-electron chi connectivity index (χ2n) is 4.95. The molecule has 1 aliphatic heterocycles. The molecule has 0 saturated carbocycles. The van der Waals surface area contributed by atoms with E-state index < -0.39 is 6.04 Å². The summed E-state index contributed by atoms with van der Waals surface area (Å²) in [5, 5.41) is 0. The maximum Gasteiger partial charge on any atom is 0.328 e. The molecule has 4 heteroatoms. The van der Waals surface area contributed by atoms with E-state index >= 15 is 0 Å². The zero-order valence-electron chi connectivity index (χ0n) is 11.6. The number of amides is 1. The Morgan fingerprint density at radius 2 is 2.15 bits per heavy atom. The Morgan fingerprint density at radius 1 is 1.45 bits per heavy atom. The van der Waals surface area contributed by atoms with Crippen LogP contribution in [0, 0.1) is 5.92 Å². The fraction of sp³-hybridized carbons (Fsp3) is 0.375. The number of benzene rings is 1. The number of esters is 1. The molecule has 0 N–H and O–H groups in total. The van der Waals surface area contributed by atoms with Crippen LogP contribution in [0.2, 0.25) is 0 Å². The maximum atomic E-state index is 12.4. The molecule has 1 heterocycles. The van der Waals surface area contributed by atoms with Crippen LogP contribution in [-0.2, 0) is 20.9 Å². The molecule has 0 radical (unpaired) electrons. The summed E-state index contributed by atoms with van der Waals surface area (Å²) in [6, 6.07) is 9.17. The van der Waals surface area contributed by atoms with Crippen LogP contribution in [0.3, 0.4) is 0 Å². The number of methoxy groups -OCH3 is 1. The number of hydrogen-bond acceptors (Lipinski definition) is 3. The van der Waals surface area contributed by atoms with Crippen molar-refractivity contribution < 1.29 is 14.3 Å². The summed E-state index contributed by atoms with van der Waals surface area (Å²) in [5.41, 5.74) is 1.01. The lowest BCUT2D eigenvalue weighted by Crippen LogP contribution is -2.39. The molecule has 1 saturated heterocycles. The lowest BCUT2D eigenvalue weighted by molar-refractivity contribution is -0.149. The standard InChI is InChI=1S/C16H19NO3/c1-3-7-13-10-14(16(19)20-2)17(15(13)18)11-12-8-5-4-6-9-12/h3-6,8-9,13-14H,1,7,10-11H2,2H3/t13-,14+/m1/s1. The molecule has 0 bridgehead atoms. The number of rotatable bonds is 5. The van der Waals surface area contributed by atoms with Crippen LogP contribution in [0.15, 0.2) is 43.0 Å². The van der Waals surface area contributed by atoms with Gasteiger partial charge in [-0.15, -0.1) is 6.58 Å². The van der Waals surface area contributed by atoms with Crippen molar-refractivity contribution in [2.75, 3.05) is 7.11 Å². The number of allylic oxidation sites excluding steroid dienone is 1. The Hall–Kier alpha value is -2.10. The lowest BCUT2D eigenvalue weighted by atomic mass is 10.0. The van der Waals surface area contributed by atoms with Gasteiger partial charge in [0.2, 0.25) is 5.91 Å². The smallest absolute Gasteiger partial charge is 0.328 e. The van der Waals surface area contributed by atoms with Crippen molar-refractivity contribution >= 4 is 11.9 Å². The van der Waals surface area contributed by atoms with Crippen molar-refractivity contribution in [2.24, 2.45) is 5.92 Å². The largest absolute Gasteiger partial charge is 0.467 e. The molecule has 2 rings (SSSR count). The molecular weight excluding hydrogens is 254 g/mol. The van der Waals surface area contributed by atoms with Gasteiger partial charge in [-0.25, -0.2) is 4.79 Å². The van der Waals surface area contributed by atoms with E-state index in [4.69, 9.17) is 4.74 Å². The van der Waals surface area contributed by atoms with Crippen LogP contribution in [0.4, 0.5) is 0 Å². The topological polar surface area (TPSA) is 46.6 Å². The molecule has 1 amide bonds. The molecule has 0 unspecified atom stereocenters. The van der Waals surface area contributed by atoms with Gasteiger partial charge in [-0.3, -0.25) is 4.79 Å². The molecule has 2 atom stereocenters. The van der Waals surface area contributed by atoms with Crippen molar-refractivity contribution in [3.63, 3.8) is 0 Å². The monoisotopic (exact) mass is 273 g/mol. The van der Waals surface area contributed by atoms with E-state index in [0.29, 0.717) is 19.4 Å². The first-order chi connectivity index (χ1) is 9.67. The first-order valence-corrected chi connectivity index (χ1v) is 6.70. The van der Waals surface area contributed by atoms with Crippen molar-refractivity contribution in [1.82, 2.24) is 4.90 Å². The van der Waals surface area contributed by atoms with Crippen LogP contribution in [0.25, 0.3) is 0 Å². The van der Waals surface area contributed by atoms with Crippen LogP contribution in [-0.4, -0.2) is 29.9 Å². The van der Waals surface area contributed by atoms with Crippen molar-refractivity contribution in [3.8, 4) is 0 Å². The fourth-order valence-corrected chi connectivity index (χ4v) is 2.61. The summed E-state index contributed by atoms with van der Waals surface area (Å²) in [5.74, 6) is -0.509. The Morgan fingerprint density at radius 3 is 2.75 bits per heavy atom. The third-order valence-electron chi connectivity index (χ3n) is 3.64. The van der Waals surface area contributed by atoms with Crippen LogP contribution < -0.4 is 0 Å². The van der Waals surface area contributed by atoms with Gasteiger partial charge in [-0.2, -0.15) is 0 Å². The SMILES string of the molecule is C=CC[C@@H]1C[C@@H](C(=O)OC)N(Cc2ccccc2)C1=O. The number of nitrogens with zero attached hydrogens (tertiary/aromatic N) is 1. The predicted octanol–water partition coefficient (Wildman–Crippen LogP) is 2.15. The molecule has 1 fully saturated rings. The van der Waals surface area contributed by atoms with Gasteiger partial charge in [0.15, 0.2) is 0 Å². The Balaban J connectivity index is 2.19. The molecule has 20 heavy (non-hydrogen) atoms. The molecule has 4 nitrogen and oxygen atoms in total. The summed E-state index contributed by atoms with van der Waals surface area (Å²) < 4.78 is 4.82. The van der Waals surface area contributed by atoms with Crippen LogP contribution in [0.5, 0.6) is 0 Å². The Labute approximate surface area is 119 Å². The quantitative estimate of drug-likeness (QED) is 0.610. The average molecular weight is 273 g/mol. The van der Waals surface area contributed by atoms with Crippen LogP contribution in [0.1, 0.15) is 18.4 Å². The highest BCUT2D eigenvalue weighted by atomic mass is 16.5. The summed E-state index contributed by atoms with van der Waals surface area (Å²) in [6.45, 7) is 4.11. The van der Waals surface area contributed by atoms with Gasteiger partial charge in [0.05, 0.1) is 7.11 Å². The van der Waals surface area contributed by atoms with Gasteiger partial charge >= 0.3 is 5.97 Å². The van der Waals surface area contributed by atoms with Crippen molar-refractivity contribution in [2.45, 2.75) is 25.4 Å². The third-order valence-corrected chi connectivity index (χ3v) is 3.64. The molecule has 0 spiro atoms. The van der Waals surface area contributed by atoms with Crippen molar-refractivity contribution in [1.29, 1.82) is 0 Å². The summed E-state index contributed by atoms with van der Waals surface area (Å²) in [7, 11) is 1.36. The van der Waals surface area contributed by atoms with E-state index in [9.17, 15) is 9.59 Å². The minimum atomic E-state index is -0.488. The zero-order chi connectivity index (χ0) is 14.5. The lowest BCUT2D eigenvalue weighted by Gasteiger charge is -2.22. The van der Waals surface area contributed by atoms with Gasteiger partial charge in [0.25, 0.3) is 0 Å². The molecule has 1 aromatic carbocycles. The molecular formula is C16H19NO3.